The van der Waals surface area contributed by atoms with Crippen LogP contribution in [-0.4, -0.2) is 0 Å². The molecule has 0 saturated heterocycles. The summed E-state index contributed by atoms with van der Waals surface area (Å²) in [4.78, 5) is 0. The van der Waals surface area contributed by atoms with E-state index in [0.717, 1.165) is 13.0 Å². The summed E-state index contributed by atoms with van der Waals surface area (Å²) in [6.07, 6.45) is 5.01. The number of allylic oxidation sites excluding steroid dienone is 5. The Kier molecular flexibility index (Phi) is 4.36. The fourth-order valence-electron chi connectivity index (χ4n) is 3.14. The van der Waals surface area contributed by atoms with E-state index in [-0.39, 0.29) is 0 Å². The largest absolute Gasteiger partial charge is 0.313 e. The van der Waals surface area contributed by atoms with Crippen LogP contribution in [0.2, 0.25) is 0 Å². The van der Waals surface area contributed by atoms with Crippen molar-refractivity contribution in [3.05, 3.63) is 101 Å². The normalized spacial score (nSPS) is 14.1. The van der Waals surface area contributed by atoms with Crippen LogP contribution in [0.5, 0.6) is 0 Å². The third kappa shape index (κ3) is 2.95. The number of fused-ring (bicyclic) bond motifs is 1. The molecule has 110 valence electrons. The third-order valence-corrected chi connectivity index (χ3v) is 4.18. The second-order valence-corrected chi connectivity index (χ2v) is 5.71. The van der Waals surface area contributed by atoms with Gasteiger partial charge in [-0.2, -0.15) is 0 Å². The van der Waals surface area contributed by atoms with Crippen LogP contribution in [0.1, 0.15) is 23.6 Å². The summed E-state index contributed by atoms with van der Waals surface area (Å²) in [6.45, 7) is 6.99. The summed E-state index contributed by atoms with van der Waals surface area (Å²) in [5, 5.41) is 2.38. The van der Waals surface area contributed by atoms with Crippen molar-refractivity contribution in [1.29, 1.82) is 0 Å². The average Bonchev–Trinajstić information content (AvgIpc) is 2.92. The molecule has 1 aliphatic rings. The fraction of sp³-hybridized carbons (Fsp3) is 0.143. The number of rotatable bonds is 5. The second-order valence-electron chi connectivity index (χ2n) is 5.71. The molecule has 1 nitrogen and oxygen atoms in total. The van der Waals surface area contributed by atoms with E-state index in [4.69, 9.17) is 0 Å². The minimum atomic E-state index is 0.981. The van der Waals surface area contributed by atoms with Crippen molar-refractivity contribution in [2.24, 2.45) is 0 Å². The topological polar surface area (TPSA) is 16.6 Å². The minimum Gasteiger partial charge on any atom is -0.313 e. The molecule has 0 heterocycles. The standard InChI is InChI=1S/C21H21N/c1-3-9-16(2)21-19-13-8-7-12-18(19)14-20(21)22-15-17-10-5-4-6-11-17/h3-13,22H,1,14-15H2,2H3/p+1/b16-9-. The molecule has 2 aromatic rings. The van der Waals surface area contributed by atoms with Crippen molar-refractivity contribution in [1.82, 2.24) is 0 Å². The lowest BCUT2D eigenvalue weighted by Crippen LogP contribution is -2.80. The van der Waals surface area contributed by atoms with Crippen LogP contribution >= 0.6 is 0 Å². The number of quaternary nitrogens is 1. The van der Waals surface area contributed by atoms with Crippen molar-refractivity contribution in [2.45, 2.75) is 19.9 Å². The maximum Gasteiger partial charge on any atom is 0.118 e. The molecule has 1 heteroatoms. The van der Waals surface area contributed by atoms with Crippen LogP contribution in [0, 0.1) is 0 Å². The van der Waals surface area contributed by atoms with E-state index >= 15 is 0 Å². The molecular formula is C21H22N+. The van der Waals surface area contributed by atoms with Gasteiger partial charge < -0.3 is 5.32 Å². The highest BCUT2D eigenvalue weighted by Crippen LogP contribution is 2.34. The highest BCUT2D eigenvalue weighted by Gasteiger charge is 2.24. The van der Waals surface area contributed by atoms with Gasteiger partial charge in [-0.1, -0.05) is 73.3 Å². The van der Waals surface area contributed by atoms with Crippen LogP contribution in [0.15, 0.2) is 84.6 Å². The van der Waals surface area contributed by atoms with Crippen LogP contribution in [0.4, 0.5) is 0 Å². The Balaban J connectivity index is 1.91. The van der Waals surface area contributed by atoms with E-state index in [2.05, 4.69) is 79.5 Å². The van der Waals surface area contributed by atoms with Crippen LogP contribution in [0.3, 0.4) is 0 Å². The van der Waals surface area contributed by atoms with E-state index in [1.54, 1.807) is 0 Å². The molecule has 0 saturated carbocycles. The van der Waals surface area contributed by atoms with E-state index in [9.17, 15) is 0 Å². The van der Waals surface area contributed by atoms with Gasteiger partial charge in [-0.15, -0.1) is 0 Å². The second kappa shape index (κ2) is 6.59. The molecule has 0 amide bonds. The Labute approximate surface area is 132 Å². The van der Waals surface area contributed by atoms with Gasteiger partial charge in [-0.25, -0.2) is 0 Å². The van der Waals surface area contributed by atoms with Gasteiger partial charge in [0.2, 0.25) is 0 Å². The fourth-order valence-corrected chi connectivity index (χ4v) is 3.14. The molecule has 3 rings (SSSR count). The summed E-state index contributed by atoms with van der Waals surface area (Å²) in [6, 6.07) is 19.4. The van der Waals surface area contributed by atoms with Crippen LogP contribution in [-0.2, 0) is 13.0 Å². The molecule has 0 unspecified atom stereocenters. The average molecular weight is 288 g/mol. The maximum absolute atomic E-state index is 3.84. The number of hydrogen-bond acceptors (Lipinski definition) is 0. The first-order valence-electron chi connectivity index (χ1n) is 7.78. The predicted octanol–water partition coefficient (Wildman–Crippen LogP) is 3.85. The molecule has 0 aliphatic heterocycles. The first-order valence-corrected chi connectivity index (χ1v) is 7.78. The van der Waals surface area contributed by atoms with E-state index < -0.39 is 0 Å². The van der Waals surface area contributed by atoms with Crippen molar-refractivity contribution in [3.8, 4) is 0 Å². The molecule has 1 aliphatic carbocycles. The minimum absolute atomic E-state index is 0.981. The Hall–Kier alpha value is -2.38. The van der Waals surface area contributed by atoms with Gasteiger partial charge in [0.25, 0.3) is 0 Å². The summed E-state index contributed by atoms with van der Waals surface area (Å²) in [5.74, 6) is 0. The number of benzene rings is 2. The van der Waals surface area contributed by atoms with Crippen LogP contribution in [0.25, 0.3) is 5.57 Å². The molecule has 0 bridgehead atoms. The van der Waals surface area contributed by atoms with Gasteiger partial charge in [0.1, 0.15) is 12.2 Å². The lowest BCUT2D eigenvalue weighted by Gasteiger charge is -2.07. The third-order valence-electron chi connectivity index (χ3n) is 4.18. The van der Waals surface area contributed by atoms with E-state index in [1.165, 1.54) is 33.5 Å². The van der Waals surface area contributed by atoms with Crippen molar-refractivity contribution in [3.63, 3.8) is 0 Å². The summed E-state index contributed by atoms with van der Waals surface area (Å²) < 4.78 is 0. The molecule has 0 atom stereocenters. The van der Waals surface area contributed by atoms with Gasteiger partial charge in [0, 0.05) is 17.6 Å². The van der Waals surface area contributed by atoms with Crippen molar-refractivity contribution < 1.29 is 5.32 Å². The highest BCUT2D eigenvalue weighted by atomic mass is 14.9. The molecule has 0 radical (unpaired) electrons. The molecule has 22 heavy (non-hydrogen) atoms. The van der Waals surface area contributed by atoms with E-state index in [1.807, 2.05) is 6.08 Å². The monoisotopic (exact) mass is 288 g/mol. The molecule has 0 spiro atoms. The zero-order valence-electron chi connectivity index (χ0n) is 13.0. The number of nitrogens with two attached hydrogens (primary N) is 1. The Morgan fingerprint density at radius 1 is 1.09 bits per heavy atom. The summed E-state index contributed by atoms with van der Waals surface area (Å²) in [7, 11) is 0. The maximum atomic E-state index is 3.84. The summed E-state index contributed by atoms with van der Waals surface area (Å²) in [5.41, 5.74) is 8.26. The Bertz CT molecular complexity index is 736. The molecular weight excluding hydrogens is 266 g/mol. The lowest BCUT2D eigenvalue weighted by molar-refractivity contribution is -0.623. The molecule has 2 N–H and O–H groups in total. The number of hydrogen-bond donors (Lipinski definition) is 1. The highest BCUT2D eigenvalue weighted by molar-refractivity contribution is 5.85. The zero-order chi connectivity index (χ0) is 15.4. The van der Waals surface area contributed by atoms with Gasteiger partial charge >= 0.3 is 0 Å². The Morgan fingerprint density at radius 3 is 2.59 bits per heavy atom. The predicted molar refractivity (Wildman–Crippen MR) is 93.1 cm³/mol. The SMILES string of the molecule is C=C/C=C(/C)C1=C([NH2+]Cc2ccccc2)Cc2ccccc21. The smallest absolute Gasteiger partial charge is 0.118 e. The molecule has 0 fully saturated rings. The van der Waals surface area contributed by atoms with Crippen LogP contribution < -0.4 is 5.32 Å². The molecule has 2 aromatic carbocycles. The quantitative estimate of drug-likeness (QED) is 0.805. The first kappa shape index (κ1) is 14.6. The van der Waals surface area contributed by atoms with E-state index in [0.29, 0.717) is 0 Å². The summed E-state index contributed by atoms with van der Waals surface area (Å²) >= 11 is 0. The lowest BCUT2D eigenvalue weighted by atomic mass is 9.99. The first-order chi connectivity index (χ1) is 10.8. The van der Waals surface area contributed by atoms with Crippen molar-refractivity contribution in [2.75, 3.05) is 0 Å². The van der Waals surface area contributed by atoms with Crippen molar-refractivity contribution >= 4 is 5.57 Å². The zero-order valence-corrected chi connectivity index (χ0v) is 13.0. The van der Waals surface area contributed by atoms with Gasteiger partial charge in [-0.3, -0.25) is 0 Å². The van der Waals surface area contributed by atoms with Gasteiger partial charge in [0.15, 0.2) is 0 Å². The Morgan fingerprint density at radius 2 is 1.82 bits per heavy atom. The molecule has 0 aromatic heterocycles. The van der Waals surface area contributed by atoms with Gasteiger partial charge in [0.05, 0.1) is 0 Å². The van der Waals surface area contributed by atoms with Gasteiger partial charge in [-0.05, 0) is 23.6 Å².